The number of hydrogen-bond donors (Lipinski definition) is 2. The number of Topliss-reactive ketones (excluding diaryl/α,β-unsaturated/α-hetero) is 1. The molecule has 1 heterocycles. The van der Waals surface area contributed by atoms with Crippen molar-refractivity contribution in [3.63, 3.8) is 0 Å². The molecule has 6 nitrogen and oxygen atoms in total. The molecule has 0 unspecified atom stereocenters. The predicted octanol–water partition coefficient (Wildman–Crippen LogP) is 1.13. The molecule has 1 aliphatic carbocycles. The van der Waals surface area contributed by atoms with E-state index >= 15 is 0 Å². The molecule has 2 N–H and O–H groups in total. The second-order valence-corrected chi connectivity index (χ2v) is 4.38. The van der Waals surface area contributed by atoms with Gasteiger partial charge >= 0.3 is 11.9 Å². The molecule has 0 aromatic carbocycles. The Morgan fingerprint density at radius 1 is 1.22 bits per heavy atom. The summed E-state index contributed by atoms with van der Waals surface area (Å²) in [5.74, 6) is -5.41. The van der Waals surface area contributed by atoms with Crippen LogP contribution in [-0.4, -0.2) is 27.9 Å². The van der Waals surface area contributed by atoms with Crippen LogP contribution in [0.4, 0.5) is 0 Å². The van der Waals surface area contributed by atoms with Crippen molar-refractivity contribution in [2.75, 3.05) is 0 Å². The van der Waals surface area contributed by atoms with Crippen molar-refractivity contribution in [2.24, 2.45) is 11.8 Å². The van der Waals surface area contributed by atoms with E-state index in [0.29, 0.717) is 5.76 Å². The van der Waals surface area contributed by atoms with Crippen LogP contribution in [0, 0.1) is 11.8 Å². The molecule has 96 valence electrons. The third-order valence-electron chi connectivity index (χ3n) is 3.27. The lowest BCUT2D eigenvalue weighted by atomic mass is 9.70. The topological polar surface area (TPSA) is 105 Å². The summed E-state index contributed by atoms with van der Waals surface area (Å²) in [5.41, 5.74) is 0. The molecule has 2 rings (SSSR count). The molecule has 1 aromatic heterocycles. The van der Waals surface area contributed by atoms with Crippen LogP contribution in [0.1, 0.15) is 24.5 Å². The van der Waals surface area contributed by atoms with Crippen LogP contribution < -0.4 is 0 Å². The maximum atomic E-state index is 11.6. The van der Waals surface area contributed by atoms with Crippen molar-refractivity contribution >= 4 is 17.7 Å². The zero-order valence-corrected chi connectivity index (χ0v) is 9.41. The number of carboxylic acids is 2. The Balaban J connectivity index is 2.38. The highest BCUT2D eigenvalue weighted by Gasteiger charge is 2.46. The summed E-state index contributed by atoms with van der Waals surface area (Å²) in [6.45, 7) is 0. The lowest BCUT2D eigenvalue weighted by Gasteiger charge is -2.31. The van der Waals surface area contributed by atoms with Crippen LogP contribution in [0.3, 0.4) is 0 Å². The number of carbonyl (C=O) groups is 3. The van der Waals surface area contributed by atoms with E-state index in [0.717, 1.165) is 0 Å². The Labute approximate surface area is 102 Å². The van der Waals surface area contributed by atoms with Gasteiger partial charge < -0.3 is 14.6 Å². The lowest BCUT2D eigenvalue weighted by molar-refractivity contribution is -0.158. The maximum Gasteiger partial charge on any atom is 0.308 e. The Morgan fingerprint density at radius 2 is 1.94 bits per heavy atom. The van der Waals surface area contributed by atoms with E-state index in [1.807, 2.05) is 0 Å². The molecule has 0 spiro atoms. The monoisotopic (exact) mass is 252 g/mol. The standard InChI is InChI=1S/C12H12O6/c13-6-4-7(9-2-1-3-18-9)10(12(16)17)8(5-6)11(14)15/h1-3,7-8,10H,4-5H2,(H,14,15)(H,16,17)/t7-,8+,10-/m1/s1. The third-order valence-corrected chi connectivity index (χ3v) is 3.27. The van der Waals surface area contributed by atoms with Crippen LogP contribution in [0.25, 0.3) is 0 Å². The highest BCUT2D eigenvalue weighted by atomic mass is 16.4. The highest BCUT2D eigenvalue weighted by molar-refractivity contribution is 5.90. The summed E-state index contributed by atoms with van der Waals surface area (Å²) in [7, 11) is 0. The van der Waals surface area contributed by atoms with Gasteiger partial charge in [-0.25, -0.2) is 0 Å². The minimum atomic E-state index is -1.26. The summed E-state index contributed by atoms with van der Waals surface area (Å²) in [6.07, 6.45) is 1.15. The smallest absolute Gasteiger partial charge is 0.308 e. The molecule has 18 heavy (non-hydrogen) atoms. The number of ketones is 1. The SMILES string of the molecule is O=C1C[C@H](C(=O)O)[C@H](C(=O)O)[C@@H](c2ccco2)C1. The molecule has 0 bridgehead atoms. The van der Waals surface area contributed by atoms with Gasteiger partial charge in [-0.2, -0.15) is 0 Å². The first-order valence-electron chi connectivity index (χ1n) is 5.51. The fraction of sp³-hybridized carbons (Fsp3) is 0.417. The van der Waals surface area contributed by atoms with Crippen LogP contribution in [0.15, 0.2) is 22.8 Å². The van der Waals surface area contributed by atoms with Gasteiger partial charge in [-0.1, -0.05) is 0 Å². The average molecular weight is 252 g/mol. The van der Waals surface area contributed by atoms with E-state index in [9.17, 15) is 19.5 Å². The van der Waals surface area contributed by atoms with Gasteiger partial charge in [0.2, 0.25) is 0 Å². The normalized spacial score (nSPS) is 28.0. The summed E-state index contributed by atoms with van der Waals surface area (Å²) in [4.78, 5) is 33.9. The Bertz CT molecular complexity index is 475. The summed E-state index contributed by atoms with van der Waals surface area (Å²) in [6, 6.07) is 3.15. The lowest BCUT2D eigenvalue weighted by Crippen LogP contribution is -2.40. The van der Waals surface area contributed by atoms with Crippen LogP contribution in [0.5, 0.6) is 0 Å². The fourth-order valence-corrected chi connectivity index (χ4v) is 2.47. The van der Waals surface area contributed by atoms with E-state index in [2.05, 4.69) is 0 Å². The van der Waals surface area contributed by atoms with Gasteiger partial charge in [-0.15, -0.1) is 0 Å². The molecule has 1 aliphatic rings. The fourth-order valence-electron chi connectivity index (χ4n) is 2.47. The zero-order valence-electron chi connectivity index (χ0n) is 9.41. The minimum Gasteiger partial charge on any atom is -0.481 e. The first-order valence-corrected chi connectivity index (χ1v) is 5.51. The predicted molar refractivity (Wildman–Crippen MR) is 57.9 cm³/mol. The van der Waals surface area contributed by atoms with Gasteiger partial charge in [0.1, 0.15) is 11.5 Å². The highest BCUT2D eigenvalue weighted by Crippen LogP contribution is 2.40. The van der Waals surface area contributed by atoms with Crippen LogP contribution in [-0.2, 0) is 14.4 Å². The minimum absolute atomic E-state index is 0.00819. The van der Waals surface area contributed by atoms with Crippen molar-refractivity contribution in [2.45, 2.75) is 18.8 Å². The third kappa shape index (κ3) is 2.13. The summed E-state index contributed by atoms with van der Waals surface area (Å²) >= 11 is 0. The number of furan rings is 1. The van der Waals surface area contributed by atoms with Gasteiger partial charge in [0.05, 0.1) is 18.1 Å². The molecule has 0 radical (unpaired) electrons. The van der Waals surface area contributed by atoms with Crippen molar-refractivity contribution in [3.05, 3.63) is 24.2 Å². The maximum absolute atomic E-state index is 11.6. The second-order valence-electron chi connectivity index (χ2n) is 4.38. The first kappa shape index (κ1) is 12.3. The van der Waals surface area contributed by atoms with Gasteiger partial charge in [-0.3, -0.25) is 14.4 Å². The number of carboxylic acid groups (broad SMARTS) is 2. The molecule has 0 saturated heterocycles. The Kier molecular flexibility index (Phi) is 3.18. The number of rotatable bonds is 3. The largest absolute Gasteiger partial charge is 0.481 e. The molecule has 1 saturated carbocycles. The molecule has 6 heteroatoms. The number of aliphatic carboxylic acids is 2. The molecular weight excluding hydrogens is 240 g/mol. The summed E-state index contributed by atoms with van der Waals surface area (Å²) < 4.78 is 5.12. The van der Waals surface area contributed by atoms with Crippen LogP contribution >= 0.6 is 0 Å². The van der Waals surface area contributed by atoms with Crippen molar-refractivity contribution in [1.29, 1.82) is 0 Å². The number of carbonyl (C=O) groups excluding carboxylic acids is 1. The van der Waals surface area contributed by atoms with Gasteiger partial charge in [0.15, 0.2) is 0 Å². The molecular formula is C12H12O6. The zero-order chi connectivity index (χ0) is 13.3. The molecule has 1 fully saturated rings. The van der Waals surface area contributed by atoms with Crippen molar-refractivity contribution < 1.29 is 29.0 Å². The molecule has 0 aliphatic heterocycles. The number of hydrogen-bond acceptors (Lipinski definition) is 4. The van der Waals surface area contributed by atoms with E-state index in [4.69, 9.17) is 9.52 Å². The first-order chi connectivity index (χ1) is 8.50. The van der Waals surface area contributed by atoms with E-state index < -0.39 is 29.7 Å². The van der Waals surface area contributed by atoms with Gasteiger partial charge in [0.25, 0.3) is 0 Å². The summed E-state index contributed by atoms with van der Waals surface area (Å²) in [5, 5.41) is 18.2. The van der Waals surface area contributed by atoms with E-state index in [1.165, 1.54) is 6.26 Å². The van der Waals surface area contributed by atoms with Crippen molar-refractivity contribution in [3.8, 4) is 0 Å². The Morgan fingerprint density at radius 3 is 2.44 bits per heavy atom. The average Bonchev–Trinajstić information content (AvgIpc) is 2.80. The molecule has 0 amide bonds. The van der Waals surface area contributed by atoms with Gasteiger partial charge in [0, 0.05) is 18.8 Å². The van der Waals surface area contributed by atoms with E-state index in [-0.39, 0.29) is 18.6 Å². The van der Waals surface area contributed by atoms with E-state index in [1.54, 1.807) is 12.1 Å². The Hall–Kier alpha value is -2.11. The van der Waals surface area contributed by atoms with Gasteiger partial charge in [-0.05, 0) is 12.1 Å². The molecule has 3 atom stereocenters. The van der Waals surface area contributed by atoms with Crippen LogP contribution in [0.2, 0.25) is 0 Å². The second kappa shape index (κ2) is 4.64. The van der Waals surface area contributed by atoms with Crippen molar-refractivity contribution in [1.82, 2.24) is 0 Å². The quantitative estimate of drug-likeness (QED) is 0.835. The molecule has 1 aromatic rings.